The second-order valence-corrected chi connectivity index (χ2v) is 5.87. The smallest absolute Gasteiger partial charge is 0.0700 e. The highest BCUT2D eigenvalue weighted by molar-refractivity contribution is 5.25. The fraction of sp³-hybridized carbons (Fsp3) is 0.667. The van der Waals surface area contributed by atoms with Crippen LogP contribution in [0.2, 0.25) is 0 Å². The molecule has 1 saturated heterocycles. The average Bonchev–Trinajstić information content (AvgIpc) is 2.55. The van der Waals surface area contributed by atoms with Crippen LogP contribution in [0.25, 0.3) is 0 Å². The van der Waals surface area contributed by atoms with Crippen LogP contribution in [0, 0.1) is 0 Å². The lowest BCUT2D eigenvalue weighted by Gasteiger charge is -2.35. The highest BCUT2D eigenvalue weighted by Crippen LogP contribution is 2.18. The van der Waals surface area contributed by atoms with Crippen LogP contribution in [0.1, 0.15) is 44.4 Å². The molecular formula is C18H30N2O. The Hall–Kier alpha value is -0.900. The van der Waals surface area contributed by atoms with E-state index in [1.165, 1.54) is 11.1 Å². The lowest BCUT2D eigenvalue weighted by atomic mass is 10.0. The van der Waals surface area contributed by atoms with Crippen molar-refractivity contribution in [1.82, 2.24) is 10.2 Å². The maximum absolute atomic E-state index is 5.77. The molecule has 2 atom stereocenters. The normalized spacial score (nSPS) is 21.4. The summed E-state index contributed by atoms with van der Waals surface area (Å²) < 4.78 is 5.77. The van der Waals surface area contributed by atoms with Gasteiger partial charge in [-0.2, -0.15) is 0 Å². The third-order valence-electron chi connectivity index (χ3n) is 4.36. The van der Waals surface area contributed by atoms with Gasteiger partial charge in [-0.1, -0.05) is 45.0 Å². The molecule has 0 amide bonds. The number of rotatable bonds is 7. The Morgan fingerprint density at radius 3 is 2.62 bits per heavy atom. The Kier molecular flexibility index (Phi) is 6.68. The molecule has 0 bridgehead atoms. The molecule has 1 aliphatic heterocycles. The number of nitrogens with one attached hydrogen (secondary N) is 1. The third kappa shape index (κ3) is 4.80. The third-order valence-corrected chi connectivity index (χ3v) is 4.36. The summed E-state index contributed by atoms with van der Waals surface area (Å²) in [4.78, 5) is 2.54. The van der Waals surface area contributed by atoms with Gasteiger partial charge in [-0.25, -0.2) is 0 Å². The summed E-state index contributed by atoms with van der Waals surface area (Å²) in [7, 11) is 0. The van der Waals surface area contributed by atoms with Crippen LogP contribution in [0.3, 0.4) is 0 Å². The second kappa shape index (κ2) is 8.52. The molecule has 1 aromatic carbocycles. The Bertz CT molecular complexity index is 404. The van der Waals surface area contributed by atoms with Gasteiger partial charge in [0.05, 0.1) is 12.7 Å². The van der Waals surface area contributed by atoms with Gasteiger partial charge in [0.25, 0.3) is 0 Å². The molecular weight excluding hydrogens is 260 g/mol. The van der Waals surface area contributed by atoms with Gasteiger partial charge >= 0.3 is 0 Å². The van der Waals surface area contributed by atoms with E-state index in [0.717, 1.165) is 45.6 Å². The van der Waals surface area contributed by atoms with E-state index in [4.69, 9.17) is 4.74 Å². The maximum Gasteiger partial charge on any atom is 0.0700 e. The Morgan fingerprint density at radius 2 is 2.00 bits per heavy atom. The van der Waals surface area contributed by atoms with Gasteiger partial charge in [0.1, 0.15) is 0 Å². The van der Waals surface area contributed by atoms with Crippen molar-refractivity contribution in [2.45, 2.75) is 45.8 Å². The first-order valence-corrected chi connectivity index (χ1v) is 8.42. The van der Waals surface area contributed by atoms with E-state index in [0.29, 0.717) is 12.1 Å². The van der Waals surface area contributed by atoms with Crippen molar-refractivity contribution in [2.75, 3.05) is 32.8 Å². The van der Waals surface area contributed by atoms with Crippen molar-refractivity contribution in [3.05, 3.63) is 35.4 Å². The average molecular weight is 290 g/mol. The molecule has 1 fully saturated rings. The first kappa shape index (κ1) is 16.5. The van der Waals surface area contributed by atoms with E-state index in [-0.39, 0.29) is 0 Å². The second-order valence-electron chi connectivity index (χ2n) is 5.87. The number of likely N-dealkylation sites (N-methyl/N-ethyl adjacent to an activating group) is 1. The standard InChI is InChI=1S/C18H30N2O/c1-4-15-7-9-16(10-8-15)18(19-6-3)14-20-11-12-21-17(5-2)13-20/h7-10,17-19H,4-6,11-14H2,1-3H3. The molecule has 1 N–H and O–H groups in total. The number of nitrogens with zero attached hydrogens (tertiary/aromatic N) is 1. The predicted octanol–water partition coefficient (Wildman–Crippen LogP) is 3.01. The molecule has 3 nitrogen and oxygen atoms in total. The molecule has 21 heavy (non-hydrogen) atoms. The van der Waals surface area contributed by atoms with Gasteiger partial charge in [-0.15, -0.1) is 0 Å². The Morgan fingerprint density at radius 1 is 1.24 bits per heavy atom. The summed E-state index contributed by atoms with van der Waals surface area (Å²) >= 11 is 0. The molecule has 118 valence electrons. The van der Waals surface area contributed by atoms with E-state index < -0.39 is 0 Å². The molecule has 3 heteroatoms. The molecule has 1 aromatic rings. The van der Waals surface area contributed by atoms with Crippen LogP contribution in [-0.2, 0) is 11.2 Å². The minimum absolute atomic E-state index is 0.406. The topological polar surface area (TPSA) is 24.5 Å². The maximum atomic E-state index is 5.77. The van der Waals surface area contributed by atoms with Gasteiger partial charge in [-0.3, -0.25) is 4.90 Å². The summed E-state index contributed by atoms with van der Waals surface area (Å²) in [5, 5.41) is 3.63. The van der Waals surface area contributed by atoms with Crippen LogP contribution >= 0.6 is 0 Å². The van der Waals surface area contributed by atoms with Gasteiger partial charge in [0, 0.05) is 25.7 Å². The zero-order chi connectivity index (χ0) is 15.1. The lowest BCUT2D eigenvalue weighted by molar-refractivity contribution is -0.0322. The quantitative estimate of drug-likeness (QED) is 0.835. The Balaban J connectivity index is 2.00. The molecule has 0 radical (unpaired) electrons. The van der Waals surface area contributed by atoms with Gasteiger partial charge < -0.3 is 10.1 Å². The summed E-state index contributed by atoms with van der Waals surface area (Å²) in [6.45, 7) is 11.6. The molecule has 0 spiro atoms. The van der Waals surface area contributed by atoms with Crippen LogP contribution in [0.15, 0.2) is 24.3 Å². The first-order chi connectivity index (χ1) is 10.3. The fourth-order valence-electron chi connectivity index (χ4n) is 2.97. The number of ether oxygens (including phenoxy) is 1. The fourth-order valence-corrected chi connectivity index (χ4v) is 2.97. The van der Waals surface area contributed by atoms with E-state index in [2.05, 4.69) is 55.3 Å². The van der Waals surface area contributed by atoms with Crippen molar-refractivity contribution in [1.29, 1.82) is 0 Å². The van der Waals surface area contributed by atoms with Crippen molar-refractivity contribution < 1.29 is 4.74 Å². The van der Waals surface area contributed by atoms with Crippen molar-refractivity contribution >= 4 is 0 Å². The molecule has 0 aromatic heterocycles. The lowest BCUT2D eigenvalue weighted by Crippen LogP contribution is -2.45. The summed E-state index contributed by atoms with van der Waals surface area (Å²) in [5.41, 5.74) is 2.81. The van der Waals surface area contributed by atoms with E-state index >= 15 is 0 Å². The van der Waals surface area contributed by atoms with Crippen LogP contribution in [0.4, 0.5) is 0 Å². The van der Waals surface area contributed by atoms with E-state index in [1.807, 2.05) is 0 Å². The number of aryl methyl sites for hydroxylation is 1. The van der Waals surface area contributed by atoms with Gasteiger partial charge in [0.2, 0.25) is 0 Å². The summed E-state index contributed by atoms with van der Waals surface area (Å²) in [6.07, 6.45) is 2.62. The molecule has 2 rings (SSSR count). The van der Waals surface area contributed by atoms with Crippen LogP contribution in [0.5, 0.6) is 0 Å². The summed E-state index contributed by atoms with van der Waals surface area (Å²) in [5.74, 6) is 0. The zero-order valence-corrected chi connectivity index (χ0v) is 13.8. The monoisotopic (exact) mass is 290 g/mol. The zero-order valence-electron chi connectivity index (χ0n) is 13.8. The highest BCUT2D eigenvalue weighted by Gasteiger charge is 2.22. The highest BCUT2D eigenvalue weighted by atomic mass is 16.5. The van der Waals surface area contributed by atoms with Crippen molar-refractivity contribution in [2.24, 2.45) is 0 Å². The SMILES string of the molecule is CCNC(CN1CCOC(CC)C1)c1ccc(CC)cc1. The largest absolute Gasteiger partial charge is 0.376 e. The molecule has 0 saturated carbocycles. The number of hydrogen-bond acceptors (Lipinski definition) is 3. The van der Waals surface area contributed by atoms with Gasteiger partial charge in [0.15, 0.2) is 0 Å². The number of morpholine rings is 1. The first-order valence-electron chi connectivity index (χ1n) is 8.42. The van der Waals surface area contributed by atoms with Gasteiger partial charge in [-0.05, 0) is 30.5 Å². The van der Waals surface area contributed by atoms with E-state index in [9.17, 15) is 0 Å². The van der Waals surface area contributed by atoms with Crippen molar-refractivity contribution in [3.8, 4) is 0 Å². The predicted molar refractivity (Wildman–Crippen MR) is 88.7 cm³/mol. The minimum atomic E-state index is 0.406. The number of benzene rings is 1. The molecule has 2 unspecified atom stereocenters. The molecule has 0 aliphatic carbocycles. The summed E-state index contributed by atoms with van der Waals surface area (Å²) in [6, 6.07) is 9.49. The Labute approximate surface area is 129 Å². The number of hydrogen-bond donors (Lipinski definition) is 1. The molecule has 1 heterocycles. The van der Waals surface area contributed by atoms with Crippen molar-refractivity contribution in [3.63, 3.8) is 0 Å². The van der Waals surface area contributed by atoms with Crippen LogP contribution in [-0.4, -0.2) is 43.8 Å². The minimum Gasteiger partial charge on any atom is -0.376 e. The van der Waals surface area contributed by atoms with E-state index in [1.54, 1.807) is 0 Å². The molecule has 1 aliphatic rings. The van der Waals surface area contributed by atoms with Crippen LogP contribution < -0.4 is 5.32 Å².